The van der Waals surface area contributed by atoms with Gasteiger partial charge in [-0.2, -0.15) is 0 Å². The van der Waals surface area contributed by atoms with E-state index < -0.39 is 10.8 Å². The van der Waals surface area contributed by atoms with Crippen LogP contribution >= 0.6 is 0 Å². The first-order valence-electron chi connectivity index (χ1n) is 6.03. The van der Waals surface area contributed by atoms with E-state index in [2.05, 4.69) is 0 Å². The Kier molecular flexibility index (Phi) is 4.18. The van der Waals surface area contributed by atoms with Crippen molar-refractivity contribution >= 4 is 16.5 Å². The highest BCUT2D eigenvalue weighted by Gasteiger charge is 2.18. The van der Waals surface area contributed by atoms with Crippen LogP contribution < -0.4 is 5.73 Å². The summed E-state index contributed by atoms with van der Waals surface area (Å²) in [5.74, 6) is 0.563. The monoisotopic (exact) mass is 253 g/mol. The molecule has 0 saturated carbocycles. The van der Waals surface area contributed by atoms with Gasteiger partial charge < -0.3 is 10.5 Å². The first-order chi connectivity index (χ1) is 8.16. The Labute approximate surface area is 105 Å². The SMILES string of the molecule is Cc1ccc(N)c(S(=O)CC2CCCCO2)c1. The molecule has 1 heterocycles. The van der Waals surface area contributed by atoms with E-state index in [1.807, 2.05) is 25.1 Å². The summed E-state index contributed by atoms with van der Waals surface area (Å²) in [7, 11) is -1.05. The van der Waals surface area contributed by atoms with E-state index in [0.717, 1.165) is 29.9 Å². The van der Waals surface area contributed by atoms with Crippen LogP contribution in [0.4, 0.5) is 5.69 Å². The number of nitrogen functional groups attached to an aromatic ring is 1. The molecule has 1 aliphatic rings. The third kappa shape index (κ3) is 3.30. The molecule has 0 aliphatic carbocycles. The van der Waals surface area contributed by atoms with Crippen LogP contribution in [0, 0.1) is 6.92 Å². The van der Waals surface area contributed by atoms with Crippen LogP contribution in [0.25, 0.3) is 0 Å². The molecule has 4 heteroatoms. The number of benzene rings is 1. The van der Waals surface area contributed by atoms with Gasteiger partial charge in [-0.25, -0.2) is 0 Å². The lowest BCUT2D eigenvalue weighted by Gasteiger charge is -2.22. The maximum absolute atomic E-state index is 12.2. The molecule has 0 amide bonds. The number of hydrogen-bond acceptors (Lipinski definition) is 3. The number of rotatable bonds is 3. The number of nitrogens with two attached hydrogens (primary N) is 1. The van der Waals surface area contributed by atoms with E-state index in [1.165, 1.54) is 6.42 Å². The molecule has 0 aromatic heterocycles. The summed E-state index contributed by atoms with van der Waals surface area (Å²) in [6, 6.07) is 5.67. The van der Waals surface area contributed by atoms with Crippen LogP contribution in [-0.4, -0.2) is 22.7 Å². The molecule has 0 radical (unpaired) electrons. The third-order valence-corrected chi connectivity index (χ3v) is 4.54. The Morgan fingerprint density at radius 2 is 2.29 bits per heavy atom. The molecule has 2 rings (SSSR count). The zero-order chi connectivity index (χ0) is 12.3. The quantitative estimate of drug-likeness (QED) is 0.841. The zero-order valence-electron chi connectivity index (χ0n) is 10.1. The molecule has 17 heavy (non-hydrogen) atoms. The van der Waals surface area contributed by atoms with Gasteiger partial charge in [0.25, 0.3) is 0 Å². The second kappa shape index (κ2) is 5.65. The molecule has 94 valence electrons. The van der Waals surface area contributed by atoms with Gasteiger partial charge in [0.1, 0.15) is 0 Å². The van der Waals surface area contributed by atoms with Crippen molar-refractivity contribution < 1.29 is 8.95 Å². The molecule has 2 unspecified atom stereocenters. The minimum absolute atomic E-state index is 0.129. The molecule has 1 aromatic rings. The zero-order valence-corrected chi connectivity index (χ0v) is 11.0. The van der Waals surface area contributed by atoms with Crippen molar-refractivity contribution in [1.82, 2.24) is 0 Å². The lowest BCUT2D eigenvalue weighted by Crippen LogP contribution is -2.25. The van der Waals surface area contributed by atoms with Gasteiger partial charge >= 0.3 is 0 Å². The summed E-state index contributed by atoms with van der Waals surface area (Å²) in [6.45, 7) is 2.78. The highest BCUT2D eigenvalue weighted by Crippen LogP contribution is 2.21. The van der Waals surface area contributed by atoms with Crippen LogP contribution in [0.1, 0.15) is 24.8 Å². The Morgan fingerprint density at radius 1 is 1.47 bits per heavy atom. The first-order valence-corrected chi connectivity index (χ1v) is 7.35. The summed E-state index contributed by atoms with van der Waals surface area (Å²) in [6.07, 6.45) is 3.43. The number of anilines is 1. The molecule has 0 bridgehead atoms. The molecular formula is C13H19NO2S. The Hall–Kier alpha value is -0.870. The number of aryl methyl sites for hydroxylation is 1. The predicted molar refractivity (Wildman–Crippen MR) is 70.5 cm³/mol. The van der Waals surface area contributed by atoms with Crippen molar-refractivity contribution in [3.05, 3.63) is 23.8 Å². The minimum atomic E-state index is -1.05. The van der Waals surface area contributed by atoms with Crippen molar-refractivity contribution in [2.75, 3.05) is 18.1 Å². The lowest BCUT2D eigenvalue weighted by atomic mass is 10.1. The molecule has 1 aliphatic heterocycles. The summed E-state index contributed by atoms with van der Waals surface area (Å²) in [5, 5.41) is 0. The van der Waals surface area contributed by atoms with Crippen molar-refractivity contribution in [2.24, 2.45) is 0 Å². The summed E-state index contributed by atoms with van der Waals surface area (Å²) < 4.78 is 17.8. The molecular weight excluding hydrogens is 234 g/mol. The summed E-state index contributed by atoms with van der Waals surface area (Å²) in [5.41, 5.74) is 7.57. The van der Waals surface area contributed by atoms with Crippen LogP contribution in [-0.2, 0) is 15.5 Å². The lowest BCUT2D eigenvalue weighted by molar-refractivity contribution is 0.0310. The summed E-state index contributed by atoms with van der Waals surface area (Å²) in [4.78, 5) is 0.749. The normalized spacial score (nSPS) is 22.3. The molecule has 2 atom stereocenters. The maximum Gasteiger partial charge on any atom is 0.0693 e. The average molecular weight is 253 g/mol. The van der Waals surface area contributed by atoms with E-state index in [4.69, 9.17) is 10.5 Å². The van der Waals surface area contributed by atoms with Gasteiger partial charge in [0, 0.05) is 12.3 Å². The topological polar surface area (TPSA) is 52.3 Å². The van der Waals surface area contributed by atoms with E-state index in [1.54, 1.807) is 0 Å². The van der Waals surface area contributed by atoms with Crippen molar-refractivity contribution in [3.63, 3.8) is 0 Å². The van der Waals surface area contributed by atoms with Crippen molar-refractivity contribution in [2.45, 2.75) is 37.2 Å². The maximum atomic E-state index is 12.2. The highest BCUT2D eigenvalue weighted by atomic mass is 32.2. The number of ether oxygens (including phenoxy) is 1. The van der Waals surface area contributed by atoms with E-state index in [9.17, 15) is 4.21 Å². The first kappa shape index (κ1) is 12.6. The molecule has 1 fully saturated rings. The second-order valence-corrected chi connectivity index (χ2v) is 6.01. The Morgan fingerprint density at radius 3 is 3.00 bits per heavy atom. The largest absolute Gasteiger partial charge is 0.398 e. The summed E-state index contributed by atoms with van der Waals surface area (Å²) >= 11 is 0. The van der Waals surface area contributed by atoms with E-state index >= 15 is 0 Å². The van der Waals surface area contributed by atoms with Gasteiger partial charge in [0.2, 0.25) is 0 Å². The number of hydrogen-bond donors (Lipinski definition) is 1. The predicted octanol–water partition coefficient (Wildman–Crippen LogP) is 2.25. The molecule has 2 N–H and O–H groups in total. The molecule has 0 spiro atoms. The third-order valence-electron chi connectivity index (χ3n) is 3.03. The van der Waals surface area contributed by atoms with Crippen LogP contribution in [0.5, 0.6) is 0 Å². The fraction of sp³-hybridized carbons (Fsp3) is 0.538. The van der Waals surface area contributed by atoms with Crippen molar-refractivity contribution in [3.8, 4) is 0 Å². The molecule has 1 saturated heterocycles. The van der Waals surface area contributed by atoms with Crippen LogP contribution in [0.3, 0.4) is 0 Å². The van der Waals surface area contributed by atoms with E-state index in [0.29, 0.717) is 11.4 Å². The van der Waals surface area contributed by atoms with Gasteiger partial charge in [0.15, 0.2) is 0 Å². The van der Waals surface area contributed by atoms with Gasteiger partial charge in [-0.1, -0.05) is 6.07 Å². The smallest absolute Gasteiger partial charge is 0.0693 e. The fourth-order valence-corrected chi connectivity index (χ4v) is 3.46. The fourth-order valence-electron chi connectivity index (χ4n) is 2.04. The van der Waals surface area contributed by atoms with Crippen LogP contribution in [0.15, 0.2) is 23.1 Å². The van der Waals surface area contributed by atoms with Crippen LogP contribution in [0.2, 0.25) is 0 Å². The molecule has 3 nitrogen and oxygen atoms in total. The Bertz CT molecular complexity index is 414. The van der Waals surface area contributed by atoms with Gasteiger partial charge in [-0.3, -0.25) is 4.21 Å². The standard InChI is InChI=1S/C13H19NO2S/c1-10-5-6-12(14)13(8-10)17(15)9-11-4-2-3-7-16-11/h5-6,8,11H,2-4,7,9,14H2,1H3. The minimum Gasteiger partial charge on any atom is -0.398 e. The second-order valence-electron chi connectivity index (χ2n) is 4.54. The van der Waals surface area contributed by atoms with Gasteiger partial charge in [0.05, 0.1) is 27.6 Å². The Balaban J connectivity index is 2.05. The van der Waals surface area contributed by atoms with Gasteiger partial charge in [-0.15, -0.1) is 0 Å². The highest BCUT2D eigenvalue weighted by molar-refractivity contribution is 7.85. The van der Waals surface area contributed by atoms with Crippen molar-refractivity contribution in [1.29, 1.82) is 0 Å². The van der Waals surface area contributed by atoms with E-state index in [-0.39, 0.29) is 6.10 Å². The van der Waals surface area contributed by atoms with Gasteiger partial charge in [-0.05, 0) is 43.9 Å². The molecule has 1 aromatic carbocycles. The average Bonchev–Trinajstić information content (AvgIpc) is 2.33.